The lowest BCUT2D eigenvalue weighted by molar-refractivity contribution is -0.155. The summed E-state index contributed by atoms with van der Waals surface area (Å²) in [5.74, 6) is -12.0. The summed E-state index contributed by atoms with van der Waals surface area (Å²) in [6, 6.07) is 9.72. The SMILES string of the molecule is CC[C@H](C)[C@@H]1NC(=O)[C@H](C)N(C)C(=O)[C@H](CC(C)C)N(C)C(=O)[C@@H](C(C)C)NC(=O)C[C@@H](C(=O)N(C)[C@@H](Cc2ccccc2)C(=O)N[C@@H](C)C(=O)N2CCCCC2)NC(=O)[C@H]([C@@H](C)O)NC(=O)[C@H](CC(C)C)N(C)C(=O)[C@H](Cc2ccccc2)N(C)C(=O)[C@H](CC(C)C)N(C)C(=O)[C@H](Cc2ccccc2)N(C)C1=O. The highest BCUT2D eigenvalue weighted by Gasteiger charge is 2.46. The van der Waals surface area contributed by atoms with Crippen LogP contribution in [0.3, 0.4) is 0 Å². The lowest BCUT2D eigenvalue weighted by Gasteiger charge is -2.40. The van der Waals surface area contributed by atoms with Gasteiger partial charge in [-0.05, 0) is 106 Å². The van der Waals surface area contributed by atoms with Crippen LogP contribution in [0.4, 0.5) is 0 Å². The highest BCUT2D eigenvalue weighted by molar-refractivity contribution is 6.01. The van der Waals surface area contributed by atoms with Gasteiger partial charge in [-0.15, -0.1) is 0 Å². The molecule has 0 spiro atoms. The first-order valence-electron chi connectivity index (χ1n) is 38.7. The first-order valence-corrected chi connectivity index (χ1v) is 38.7. The smallest absolute Gasteiger partial charge is 0.246 e. The molecule has 602 valence electrons. The third-order valence-electron chi connectivity index (χ3n) is 21.3. The number of piperidine rings is 1. The zero-order valence-electron chi connectivity index (χ0n) is 68.1. The van der Waals surface area contributed by atoms with Crippen LogP contribution in [0, 0.1) is 29.6 Å². The Kier molecular flexibility index (Phi) is 34.9. The molecular formula is C82H125N13O14. The van der Waals surface area contributed by atoms with E-state index in [0.29, 0.717) is 36.2 Å². The average Bonchev–Trinajstić information content (AvgIpc) is 0.822. The number of likely N-dealkylation sites (tertiary alicyclic amines) is 1. The molecule has 109 heavy (non-hydrogen) atoms. The fraction of sp³-hybridized carbons (Fsp3) is 0.622. The minimum Gasteiger partial charge on any atom is -0.391 e. The van der Waals surface area contributed by atoms with Crippen molar-refractivity contribution >= 4 is 76.8 Å². The largest absolute Gasteiger partial charge is 0.391 e. The Bertz CT molecular complexity index is 3570. The number of carbonyl (C=O) groups is 13. The number of likely N-dealkylation sites (N-methyl/N-ethyl adjacent to an activating group) is 7. The first kappa shape index (κ1) is 90.3. The van der Waals surface area contributed by atoms with Gasteiger partial charge in [-0.3, -0.25) is 62.3 Å². The van der Waals surface area contributed by atoms with Crippen LogP contribution in [-0.2, 0) is 81.6 Å². The maximum atomic E-state index is 15.8. The molecule has 2 fully saturated rings. The molecule has 6 N–H and O–H groups in total. The zero-order valence-corrected chi connectivity index (χ0v) is 68.1. The molecule has 13 amide bonds. The van der Waals surface area contributed by atoms with Gasteiger partial charge in [0.1, 0.15) is 72.5 Å². The van der Waals surface area contributed by atoms with Crippen LogP contribution in [0.25, 0.3) is 0 Å². The van der Waals surface area contributed by atoms with E-state index < -0.39 is 168 Å². The molecule has 27 heteroatoms. The van der Waals surface area contributed by atoms with Gasteiger partial charge in [0.2, 0.25) is 76.8 Å². The summed E-state index contributed by atoms with van der Waals surface area (Å²) in [7, 11) is 9.84. The van der Waals surface area contributed by atoms with Gasteiger partial charge >= 0.3 is 0 Å². The summed E-state index contributed by atoms with van der Waals surface area (Å²) in [5.41, 5.74) is 1.89. The molecule has 2 heterocycles. The van der Waals surface area contributed by atoms with Crippen LogP contribution < -0.4 is 26.6 Å². The van der Waals surface area contributed by atoms with E-state index in [-0.39, 0.29) is 62.2 Å². The van der Waals surface area contributed by atoms with E-state index in [1.807, 2.05) is 34.6 Å². The third kappa shape index (κ3) is 24.9. The molecule has 3 aromatic carbocycles. The molecule has 0 saturated carbocycles. The van der Waals surface area contributed by atoms with Gasteiger partial charge < -0.3 is 70.9 Å². The van der Waals surface area contributed by atoms with E-state index in [0.717, 1.165) is 24.2 Å². The van der Waals surface area contributed by atoms with E-state index >= 15 is 47.9 Å². The molecule has 2 saturated heterocycles. The molecule has 0 unspecified atom stereocenters. The Morgan fingerprint density at radius 3 is 1.35 bits per heavy atom. The van der Waals surface area contributed by atoms with Gasteiger partial charge in [0.15, 0.2) is 0 Å². The van der Waals surface area contributed by atoms with Gasteiger partial charge in [0, 0.05) is 81.7 Å². The summed E-state index contributed by atoms with van der Waals surface area (Å²) < 4.78 is 0. The number of benzene rings is 3. The number of rotatable bonds is 21. The Hall–Kier alpha value is -9.27. The normalized spacial score (nSPS) is 24.3. The van der Waals surface area contributed by atoms with Crippen molar-refractivity contribution in [2.24, 2.45) is 29.6 Å². The quantitative estimate of drug-likeness (QED) is 0.0849. The zero-order chi connectivity index (χ0) is 81.6. The summed E-state index contributed by atoms with van der Waals surface area (Å²) in [5, 5.41) is 25.4. The van der Waals surface area contributed by atoms with Gasteiger partial charge in [0.05, 0.1) is 12.5 Å². The number of carbonyl (C=O) groups excluding carboxylic acids is 13. The predicted molar refractivity (Wildman–Crippen MR) is 417 cm³/mol. The lowest BCUT2D eigenvalue weighted by atomic mass is 9.94. The maximum Gasteiger partial charge on any atom is 0.246 e. The Morgan fingerprint density at radius 2 is 0.890 bits per heavy atom. The standard InChI is InChI=1S/C82H125N13O14/c1-21-53(10)69-82(109)94(20)66(47-59-38-30-24-31-39-59)80(107)91(17)64(44-51(6)7)78(105)92(18)65(46-58-36-28-23-29-37-58)79(106)90(16)61(42-49(2)3)73(100)87-70(56(13)96)74(101)84-60(48-67(97)85-68(52(8)9)81(108)93(19)63(43-50(4)5)77(104)88(14)55(12)71(98)86-69)76(103)89(15)62(45-57-34-26-22-27-35-57)72(99)83-54(11)75(102)95-40-32-25-33-41-95/h22-24,26-31,34-39,49-56,60-66,68-70,96H,21,25,32-33,40-48H2,1-20H3,(H,83,99)(H,84,101)(H,85,97)(H,86,98)(H,87,100)/t53-,54-,55-,56+,60-,61-,62-,63-,64-,65-,66-,68+,69-,70-/m0/s1. The second-order valence-corrected chi connectivity index (χ2v) is 31.6. The summed E-state index contributed by atoms with van der Waals surface area (Å²) in [6.07, 6.45) is 0.113. The molecule has 0 radical (unpaired) electrons. The summed E-state index contributed by atoms with van der Waals surface area (Å²) in [6.45, 7) is 23.2. The van der Waals surface area contributed by atoms with Gasteiger partial charge in [-0.25, -0.2) is 0 Å². The second kappa shape index (κ2) is 42.1. The van der Waals surface area contributed by atoms with E-state index in [2.05, 4.69) is 26.6 Å². The topological polar surface area (TPSA) is 328 Å². The molecule has 2 aliphatic rings. The van der Waals surface area contributed by atoms with Crippen molar-refractivity contribution in [3.05, 3.63) is 108 Å². The molecule has 3 aromatic rings. The van der Waals surface area contributed by atoms with Crippen LogP contribution in [0.2, 0.25) is 0 Å². The maximum absolute atomic E-state index is 15.8. The number of aliphatic hydroxyl groups excluding tert-OH is 1. The monoisotopic (exact) mass is 1520 g/mol. The van der Waals surface area contributed by atoms with E-state index in [1.54, 1.807) is 137 Å². The minimum atomic E-state index is -1.93. The molecule has 0 aromatic heterocycles. The van der Waals surface area contributed by atoms with Crippen molar-refractivity contribution in [3.63, 3.8) is 0 Å². The summed E-state index contributed by atoms with van der Waals surface area (Å²) in [4.78, 5) is 208. The van der Waals surface area contributed by atoms with Crippen LogP contribution in [0.1, 0.15) is 158 Å². The number of hydrogen-bond acceptors (Lipinski definition) is 14. The molecule has 27 nitrogen and oxygen atoms in total. The van der Waals surface area contributed by atoms with E-state index in [9.17, 15) is 19.5 Å². The molecule has 5 rings (SSSR count). The van der Waals surface area contributed by atoms with Gasteiger partial charge in [-0.1, -0.05) is 167 Å². The predicted octanol–water partition coefficient (Wildman–Crippen LogP) is 4.60. The number of nitrogens with one attached hydrogen (secondary N) is 5. The number of nitrogens with zero attached hydrogens (tertiary/aromatic N) is 8. The number of amides is 13. The second-order valence-electron chi connectivity index (χ2n) is 31.6. The van der Waals surface area contributed by atoms with E-state index in [1.165, 1.54) is 92.6 Å². The highest BCUT2D eigenvalue weighted by Crippen LogP contribution is 2.26. The highest BCUT2D eigenvalue weighted by atomic mass is 16.3. The molecular weight excluding hydrogens is 1390 g/mol. The minimum absolute atomic E-state index is 0.0314. The van der Waals surface area contributed by atoms with Crippen molar-refractivity contribution < 1.29 is 67.4 Å². The molecule has 2 aliphatic heterocycles. The van der Waals surface area contributed by atoms with Crippen molar-refractivity contribution in [3.8, 4) is 0 Å². The molecule has 0 bridgehead atoms. The van der Waals surface area contributed by atoms with Gasteiger partial charge in [0.25, 0.3) is 0 Å². The third-order valence-corrected chi connectivity index (χ3v) is 21.3. The molecule has 14 atom stereocenters. The van der Waals surface area contributed by atoms with Gasteiger partial charge in [-0.2, -0.15) is 0 Å². The summed E-state index contributed by atoms with van der Waals surface area (Å²) >= 11 is 0. The fourth-order valence-corrected chi connectivity index (χ4v) is 14.0. The van der Waals surface area contributed by atoms with Crippen LogP contribution in [0.5, 0.6) is 0 Å². The van der Waals surface area contributed by atoms with E-state index in [4.69, 9.17) is 0 Å². The Morgan fingerprint density at radius 1 is 0.486 bits per heavy atom. The van der Waals surface area contributed by atoms with Crippen LogP contribution in [-0.4, -0.2) is 262 Å². The number of aliphatic hydroxyl groups is 1. The van der Waals surface area contributed by atoms with Crippen molar-refractivity contribution in [2.75, 3.05) is 62.4 Å². The first-order chi connectivity index (χ1) is 51.2. The Labute approximate surface area is 646 Å². The average molecular weight is 1520 g/mol. The van der Waals surface area contributed by atoms with Crippen molar-refractivity contribution in [2.45, 2.75) is 239 Å². The number of hydrogen-bond donors (Lipinski definition) is 6. The van der Waals surface area contributed by atoms with Crippen molar-refractivity contribution in [1.82, 2.24) is 65.8 Å². The Balaban J connectivity index is 1.75. The molecule has 0 aliphatic carbocycles. The van der Waals surface area contributed by atoms with Crippen LogP contribution in [0.15, 0.2) is 91.0 Å². The van der Waals surface area contributed by atoms with Crippen LogP contribution >= 0.6 is 0 Å². The fourth-order valence-electron chi connectivity index (χ4n) is 14.0. The lowest BCUT2D eigenvalue weighted by Crippen LogP contribution is -2.63. The van der Waals surface area contributed by atoms with Crippen molar-refractivity contribution in [1.29, 1.82) is 0 Å².